The molecule has 118 valence electrons. The monoisotopic (exact) mass is 430 g/mol. The number of ketones is 1. The normalized spacial score (nSPS) is 44.7. The molecule has 4 nitrogen and oxygen atoms in total. The number of carbonyl (C=O) groups is 1. The van der Waals surface area contributed by atoms with E-state index < -0.39 is 20.0 Å². The number of carbonyl (C=O) groups excluding carboxylic acids is 1. The summed E-state index contributed by atoms with van der Waals surface area (Å²) in [6, 6.07) is 10.00. The molecule has 0 amide bonds. The van der Waals surface area contributed by atoms with E-state index in [-0.39, 0.29) is 11.7 Å². The van der Waals surface area contributed by atoms with Gasteiger partial charge in [-0.1, -0.05) is 62.2 Å². The fourth-order valence-corrected chi connectivity index (χ4v) is 7.50. The zero-order valence-electron chi connectivity index (χ0n) is 12.3. The van der Waals surface area contributed by atoms with E-state index in [1.165, 1.54) is 0 Å². The number of halogens is 2. The molecule has 22 heavy (non-hydrogen) atoms. The van der Waals surface area contributed by atoms with Crippen LogP contribution in [0.25, 0.3) is 0 Å². The number of epoxide rings is 1. The molecule has 0 radical (unpaired) electrons. The summed E-state index contributed by atoms with van der Waals surface area (Å²) in [5.74, 6) is -1.18. The molecule has 4 rings (SSSR count). The maximum absolute atomic E-state index is 13.2. The Kier molecular flexibility index (Phi) is 3.07. The summed E-state index contributed by atoms with van der Waals surface area (Å²) in [5, 5.41) is 0. The second kappa shape index (κ2) is 4.42. The minimum absolute atomic E-state index is 0.000628. The first-order chi connectivity index (χ1) is 10.4. The zero-order valence-corrected chi connectivity index (χ0v) is 15.4. The fraction of sp³-hybridized carbons (Fsp3) is 0.562. The number of fused-ring (bicyclic) bond motifs is 3. The molecule has 6 heteroatoms. The summed E-state index contributed by atoms with van der Waals surface area (Å²) < 4.78 is 15.6. The van der Waals surface area contributed by atoms with Gasteiger partial charge in [0.2, 0.25) is 5.79 Å². The predicted molar refractivity (Wildman–Crippen MR) is 87.6 cm³/mol. The molecule has 3 fully saturated rings. The third kappa shape index (κ3) is 1.31. The Labute approximate surface area is 145 Å². The Balaban J connectivity index is 1.94. The average Bonchev–Trinajstić information content (AvgIpc) is 3.29. The van der Waals surface area contributed by atoms with E-state index in [0.717, 1.165) is 5.56 Å². The second-order valence-corrected chi connectivity index (χ2v) is 8.75. The molecule has 0 N–H and O–H groups in total. The van der Waals surface area contributed by atoms with Crippen LogP contribution in [0.15, 0.2) is 30.3 Å². The van der Waals surface area contributed by atoms with Crippen molar-refractivity contribution in [3.8, 4) is 0 Å². The third-order valence-corrected chi connectivity index (χ3v) is 8.43. The molecule has 1 aliphatic heterocycles. The maximum atomic E-state index is 13.2. The molecule has 3 aliphatic rings. The van der Waals surface area contributed by atoms with Crippen LogP contribution < -0.4 is 0 Å². The van der Waals surface area contributed by atoms with Gasteiger partial charge < -0.3 is 14.2 Å². The van der Waals surface area contributed by atoms with E-state index in [0.29, 0.717) is 13.0 Å². The highest BCUT2D eigenvalue weighted by Crippen LogP contribution is 2.76. The fourth-order valence-electron chi connectivity index (χ4n) is 4.46. The molecule has 1 spiro atoms. The second-order valence-electron chi connectivity index (χ2n) is 6.15. The van der Waals surface area contributed by atoms with Crippen molar-refractivity contribution in [2.24, 2.45) is 0 Å². The molecule has 1 saturated heterocycles. The minimum Gasteiger partial charge on any atom is -0.359 e. The van der Waals surface area contributed by atoms with Crippen LogP contribution in [0.2, 0.25) is 0 Å². The number of rotatable bonds is 3. The number of benzene rings is 1. The van der Waals surface area contributed by atoms with Crippen molar-refractivity contribution in [2.45, 2.75) is 32.4 Å². The lowest BCUT2D eigenvalue weighted by Gasteiger charge is -2.39. The minimum atomic E-state index is -1.12. The van der Waals surface area contributed by atoms with Gasteiger partial charge >= 0.3 is 0 Å². The van der Waals surface area contributed by atoms with Crippen LogP contribution in [0.3, 0.4) is 0 Å². The van der Waals surface area contributed by atoms with Crippen molar-refractivity contribution in [2.75, 3.05) is 20.8 Å². The first-order valence-corrected chi connectivity index (χ1v) is 8.74. The Morgan fingerprint density at radius 1 is 1.18 bits per heavy atom. The molecule has 0 aromatic heterocycles. The molecule has 1 heterocycles. The summed E-state index contributed by atoms with van der Waals surface area (Å²) in [6.07, 6.45) is 0.690. The van der Waals surface area contributed by atoms with Gasteiger partial charge in [0.05, 0.1) is 6.61 Å². The smallest absolute Gasteiger partial charge is 0.210 e. The first-order valence-electron chi connectivity index (χ1n) is 7.15. The van der Waals surface area contributed by atoms with Crippen molar-refractivity contribution in [3.63, 3.8) is 0 Å². The molecular weight excluding hydrogens is 416 g/mol. The number of hydrogen-bond donors (Lipinski definition) is 0. The van der Waals surface area contributed by atoms with E-state index in [2.05, 4.69) is 31.9 Å². The highest BCUT2D eigenvalue weighted by atomic mass is 79.9. The number of alkyl halides is 2. The van der Waals surface area contributed by atoms with E-state index in [9.17, 15) is 4.79 Å². The van der Waals surface area contributed by atoms with Crippen LogP contribution in [-0.2, 0) is 19.0 Å². The average molecular weight is 432 g/mol. The SMILES string of the molecule is COC1(OC)[C@]2(Br)C[C@@H](c3ccccc3)[C@@]1(Br)C(=O)C21CO1. The van der Waals surface area contributed by atoms with Gasteiger partial charge in [-0.25, -0.2) is 0 Å². The predicted octanol–water partition coefficient (Wildman–Crippen LogP) is 2.78. The van der Waals surface area contributed by atoms with Gasteiger partial charge in [-0.2, -0.15) is 0 Å². The van der Waals surface area contributed by atoms with Crippen LogP contribution in [0.4, 0.5) is 0 Å². The van der Waals surface area contributed by atoms with Gasteiger partial charge in [0.1, 0.15) is 8.65 Å². The summed E-state index contributed by atoms with van der Waals surface area (Å²) >= 11 is 7.54. The van der Waals surface area contributed by atoms with E-state index in [1.807, 2.05) is 30.3 Å². The molecule has 2 aliphatic carbocycles. The maximum Gasteiger partial charge on any atom is 0.210 e. The van der Waals surface area contributed by atoms with E-state index >= 15 is 0 Å². The van der Waals surface area contributed by atoms with Crippen LogP contribution in [0.5, 0.6) is 0 Å². The van der Waals surface area contributed by atoms with Gasteiger partial charge in [-0.05, 0) is 12.0 Å². The van der Waals surface area contributed by atoms with Gasteiger partial charge in [0.15, 0.2) is 11.4 Å². The lowest BCUT2D eigenvalue weighted by molar-refractivity contribution is -0.217. The quantitative estimate of drug-likeness (QED) is 0.419. The molecular formula is C16H16Br2O4. The van der Waals surface area contributed by atoms with Crippen LogP contribution >= 0.6 is 31.9 Å². The van der Waals surface area contributed by atoms with Crippen molar-refractivity contribution >= 4 is 37.6 Å². The van der Waals surface area contributed by atoms with Gasteiger partial charge in [0, 0.05) is 20.1 Å². The van der Waals surface area contributed by atoms with Gasteiger partial charge in [-0.3, -0.25) is 4.79 Å². The van der Waals surface area contributed by atoms with Gasteiger partial charge in [0.25, 0.3) is 0 Å². The number of Topliss-reactive ketones (excluding diaryl/α,β-unsaturated/α-hetero) is 1. The topological polar surface area (TPSA) is 48.1 Å². The van der Waals surface area contributed by atoms with Crippen LogP contribution in [0, 0.1) is 0 Å². The van der Waals surface area contributed by atoms with Crippen molar-refractivity contribution < 1.29 is 19.0 Å². The van der Waals surface area contributed by atoms with Crippen molar-refractivity contribution in [3.05, 3.63) is 35.9 Å². The lowest BCUT2D eigenvalue weighted by atomic mass is 9.77. The zero-order chi connectivity index (χ0) is 15.8. The summed E-state index contributed by atoms with van der Waals surface area (Å²) in [5.41, 5.74) is 0.233. The number of ether oxygens (including phenoxy) is 3. The Bertz CT molecular complexity index is 641. The molecule has 1 aromatic rings. The standard InChI is InChI=1S/C16H16Br2O4/c1-20-16(21-2)14(17)8-11(10-6-4-3-5-7-10)15(16,18)12(19)13(14)9-22-13/h3-7,11H,8-9H2,1-2H3/t11-,13?,14-,15+/m0/s1. The van der Waals surface area contributed by atoms with Crippen LogP contribution in [-0.4, -0.2) is 46.6 Å². The van der Waals surface area contributed by atoms with Gasteiger partial charge in [-0.15, -0.1) is 0 Å². The Morgan fingerprint density at radius 2 is 1.77 bits per heavy atom. The van der Waals surface area contributed by atoms with E-state index in [4.69, 9.17) is 14.2 Å². The molecule has 2 saturated carbocycles. The third-order valence-electron chi connectivity index (χ3n) is 5.51. The number of hydrogen-bond acceptors (Lipinski definition) is 4. The Hall–Kier alpha value is -0.270. The highest BCUT2D eigenvalue weighted by Gasteiger charge is 2.93. The lowest BCUT2D eigenvalue weighted by Crippen LogP contribution is -2.56. The summed E-state index contributed by atoms with van der Waals surface area (Å²) in [7, 11) is 3.16. The molecule has 1 aromatic carbocycles. The Morgan fingerprint density at radius 3 is 2.27 bits per heavy atom. The highest BCUT2D eigenvalue weighted by molar-refractivity contribution is 9.11. The molecule has 2 bridgehead atoms. The summed E-state index contributed by atoms with van der Waals surface area (Å²) in [6.45, 7) is 0.403. The van der Waals surface area contributed by atoms with Crippen LogP contribution in [0.1, 0.15) is 17.9 Å². The summed E-state index contributed by atoms with van der Waals surface area (Å²) in [4.78, 5) is 13.2. The first kappa shape index (κ1) is 15.3. The van der Waals surface area contributed by atoms with Crippen molar-refractivity contribution in [1.29, 1.82) is 0 Å². The molecule has 1 unspecified atom stereocenters. The molecule has 4 atom stereocenters. The number of methoxy groups -OCH3 is 2. The van der Waals surface area contributed by atoms with E-state index in [1.54, 1.807) is 14.2 Å². The van der Waals surface area contributed by atoms with Crippen molar-refractivity contribution in [1.82, 2.24) is 0 Å². The largest absolute Gasteiger partial charge is 0.359 e.